The van der Waals surface area contributed by atoms with E-state index in [0.29, 0.717) is 0 Å². The van der Waals surface area contributed by atoms with E-state index < -0.39 is 0 Å². The predicted molar refractivity (Wildman–Crippen MR) is 72.8 cm³/mol. The Labute approximate surface area is 108 Å². The Kier molecular flexibility index (Phi) is 4.31. The summed E-state index contributed by atoms with van der Waals surface area (Å²) < 4.78 is 5.23. The summed E-state index contributed by atoms with van der Waals surface area (Å²) in [5, 5.41) is 3.47. The van der Waals surface area contributed by atoms with Crippen LogP contribution in [-0.2, 0) is 0 Å². The van der Waals surface area contributed by atoms with Crippen molar-refractivity contribution in [1.29, 1.82) is 0 Å². The minimum absolute atomic E-state index is 0.152. The molecule has 0 amide bonds. The van der Waals surface area contributed by atoms with Gasteiger partial charge in [-0.3, -0.25) is 4.98 Å². The standard InChI is InChI=1S/C15H18N2O/c1-3-17-15(12-7-5-4-6-8-12)13-9-14(18-2)11-16-10-13/h4-11,15,17H,3H2,1-2H3. The van der Waals surface area contributed by atoms with E-state index in [1.165, 1.54) is 5.56 Å². The minimum Gasteiger partial charge on any atom is -0.495 e. The molecule has 1 aromatic carbocycles. The van der Waals surface area contributed by atoms with Crippen molar-refractivity contribution in [2.24, 2.45) is 0 Å². The maximum absolute atomic E-state index is 5.23. The molecule has 0 spiro atoms. The Hall–Kier alpha value is -1.87. The number of hydrogen-bond donors (Lipinski definition) is 1. The van der Waals surface area contributed by atoms with Crippen molar-refractivity contribution in [2.75, 3.05) is 13.7 Å². The zero-order valence-corrected chi connectivity index (χ0v) is 10.8. The smallest absolute Gasteiger partial charge is 0.137 e. The second-order valence-electron chi connectivity index (χ2n) is 4.06. The zero-order chi connectivity index (χ0) is 12.8. The van der Waals surface area contributed by atoms with Gasteiger partial charge in [0.05, 0.1) is 19.3 Å². The van der Waals surface area contributed by atoms with Gasteiger partial charge < -0.3 is 10.1 Å². The van der Waals surface area contributed by atoms with Gasteiger partial charge in [0.25, 0.3) is 0 Å². The van der Waals surface area contributed by atoms with E-state index in [-0.39, 0.29) is 6.04 Å². The first kappa shape index (κ1) is 12.6. The Morgan fingerprint density at radius 2 is 1.94 bits per heavy atom. The lowest BCUT2D eigenvalue weighted by molar-refractivity contribution is 0.411. The van der Waals surface area contributed by atoms with Gasteiger partial charge in [0.1, 0.15) is 5.75 Å². The molecule has 1 heterocycles. The molecular weight excluding hydrogens is 224 g/mol. The highest BCUT2D eigenvalue weighted by Gasteiger charge is 2.13. The normalized spacial score (nSPS) is 12.1. The summed E-state index contributed by atoms with van der Waals surface area (Å²) in [6, 6.07) is 12.5. The summed E-state index contributed by atoms with van der Waals surface area (Å²) in [6.45, 7) is 3.00. The van der Waals surface area contributed by atoms with E-state index in [9.17, 15) is 0 Å². The van der Waals surface area contributed by atoms with E-state index in [1.807, 2.05) is 30.5 Å². The Morgan fingerprint density at radius 1 is 1.17 bits per heavy atom. The van der Waals surface area contributed by atoms with Gasteiger partial charge in [-0.05, 0) is 23.7 Å². The molecule has 94 valence electrons. The molecule has 0 saturated heterocycles. The third kappa shape index (κ3) is 2.87. The Morgan fingerprint density at radius 3 is 2.61 bits per heavy atom. The van der Waals surface area contributed by atoms with Crippen LogP contribution in [0.1, 0.15) is 24.1 Å². The fraction of sp³-hybridized carbons (Fsp3) is 0.267. The number of rotatable bonds is 5. The summed E-state index contributed by atoms with van der Waals surface area (Å²) in [7, 11) is 1.66. The summed E-state index contributed by atoms with van der Waals surface area (Å²) in [6.07, 6.45) is 3.60. The first-order valence-electron chi connectivity index (χ1n) is 6.12. The topological polar surface area (TPSA) is 34.2 Å². The number of nitrogens with one attached hydrogen (secondary N) is 1. The lowest BCUT2D eigenvalue weighted by atomic mass is 10.00. The van der Waals surface area contributed by atoms with Gasteiger partial charge in [0, 0.05) is 6.20 Å². The van der Waals surface area contributed by atoms with Crippen molar-refractivity contribution in [3.05, 3.63) is 59.9 Å². The van der Waals surface area contributed by atoms with Crippen LogP contribution < -0.4 is 10.1 Å². The lowest BCUT2D eigenvalue weighted by Crippen LogP contribution is -2.22. The number of benzene rings is 1. The molecule has 3 heteroatoms. The summed E-state index contributed by atoms with van der Waals surface area (Å²) in [5.74, 6) is 0.784. The van der Waals surface area contributed by atoms with Crippen molar-refractivity contribution in [1.82, 2.24) is 10.3 Å². The van der Waals surface area contributed by atoms with Gasteiger partial charge in [-0.15, -0.1) is 0 Å². The van der Waals surface area contributed by atoms with Crippen LogP contribution in [-0.4, -0.2) is 18.6 Å². The van der Waals surface area contributed by atoms with Crippen LogP contribution in [0.2, 0.25) is 0 Å². The van der Waals surface area contributed by atoms with Crippen LogP contribution in [0.4, 0.5) is 0 Å². The van der Waals surface area contributed by atoms with E-state index in [0.717, 1.165) is 17.9 Å². The number of nitrogens with zero attached hydrogens (tertiary/aromatic N) is 1. The third-order valence-electron chi connectivity index (χ3n) is 2.84. The average Bonchev–Trinajstić information content (AvgIpc) is 2.46. The van der Waals surface area contributed by atoms with Crippen molar-refractivity contribution in [3.63, 3.8) is 0 Å². The maximum Gasteiger partial charge on any atom is 0.137 e. The highest BCUT2D eigenvalue weighted by atomic mass is 16.5. The SMILES string of the molecule is CCNC(c1ccccc1)c1cncc(OC)c1. The highest BCUT2D eigenvalue weighted by Crippen LogP contribution is 2.23. The molecule has 0 aliphatic carbocycles. The molecule has 0 aliphatic rings. The van der Waals surface area contributed by atoms with Crippen LogP contribution in [0.15, 0.2) is 48.8 Å². The van der Waals surface area contributed by atoms with E-state index in [4.69, 9.17) is 4.74 Å². The van der Waals surface area contributed by atoms with Crippen molar-refractivity contribution in [2.45, 2.75) is 13.0 Å². The Bertz CT molecular complexity index is 485. The lowest BCUT2D eigenvalue weighted by Gasteiger charge is -2.19. The molecule has 1 atom stereocenters. The fourth-order valence-electron chi connectivity index (χ4n) is 1.98. The molecule has 0 saturated carbocycles. The number of pyridine rings is 1. The monoisotopic (exact) mass is 242 g/mol. The van der Waals surface area contributed by atoms with Crippen LogP contribution in [0, 0.1) is 0 Å². The highest BCUT2D eigenvalue weighted by molar-refractivity contribution is 5.33. The van der Waals surface area contributed by atoms with Gasteiger partial charge in [-0.25, -0.2) is 0 Å². The largest absolute Gasteiger partial charge is 0.495 e. The molecular formula is C15H18N2O. The number of ether oxygens (including phenoxy) is 1. The molecule has 1 N–H and O–H groups in total. The van der Waals surface area contributed by atoms with Crippen molar-refractivity contribution >= 4 is 0 Å². The number of methoxy groups -OCH3 is 1. The fourth-order valence-corrected chi connectivity index (χ4v) is 1.98. The first-order valence-corrected chi connectivity index (χ1v) is 6.12. The molecule has 18 heavy (non-hydrogen) atoms. The van der Waals surface area contributed by atoms with Crippen LogP contribution in [0.5, 0.6) is 5.75 Å². The molecule has 2 aromatic rings. The molecule has 0 bridgehead atoms. The second-order valence-corrected chi connectivity index (χ2v) is 4.06. The van der Waals surface area contributed by atoms with E-state index in [1.54, 1.807) is 13.3 Å². The first-order chi connectivity index (χ1) is 8.85. The van der Waals surface area contributed by atoms with Crippen LogP contribution in [0.25, 0.3) is 0 Å². The van der Waals surface area contributed by atoms with Gasteiger partial charge >= 0.3 is 0 Å². The maximum atomic E-state index is 5.23. The van der Waals surface area contributed by atoms with Crippen molar-refractivity contribution < 1.29 is 4.74 Å². The van der Waals surface area contributed by atoms with Gasteiger partial charge in [-0.1, -0.05) is 37.3 Å². The molecule has 0 aliphatic heterocycles. The quantitative estimate of drug-likeness (QED) is 0.875. The Balaban J connectivity index is 2.35. The third-order valence-corrected chi connectivity index (χ3v) is 2.84. The second kappa shape index (κ2) is 6.17. The van der Waals surface area contributed by atoms with Gasteiger partial charge in [-0.2, -0.15) is 0 Å². The minimum atomic E-state index is 0.152. The van der Waals surface area contributed by atoms with Crippen LogP contribution >= 0.6 is 0 Å². The predicted octanol–water partition coefficient (Wildman–Crippen LogP) is 2.79. The van der Waals surface area contributed by atoms with Crippen molar-refractivity contribution in [3.8, 4) is 5.75 Å². The molecule has 1 unspecified atom stereocenters. The van der Waals surface area contributed by atoms with Gasteiger partial charge in [0.15, 0.2) is 0 Å². The molecule has 1 aromatic heterocycles. The summed E-state index contributed by atoms with van der Waals surface area (Å²) in [5.41, 5.74) is 2.34. The molecule has 3 nitrogen and oxygen atoms in total. The molecule has 0 radical (unpaired) electrons. The van der Waals surface area contributed by atoms with E-state index >= 15 is 0 Å². The molecule has 0 fully saturated rings. The number of hydrogen-bond acceptors (Lipinski definition) is 3. The summed E-state index contributed by atoms with van der Waals surface area (Å²) in [4.78, 5) is 4.22. The number of aromatic nitrogens is 1. The zero-order valence-electron chi connectivity index (χ0n) is 10.8. The van der Waals surface area contributed by atoms with Gasteiger partial charge in [0.2, 0.25) is 0 Å². The van der Waals surface area contributed by atoms with E-state index in [2.05, 4.69) is 29.4 Å². The summed E-state index contributed by atoms with van der Waals surface area (Å²) >= 11 is 0. The molecule has 2 rings (SSSR count). The van der Waals surface area contributed by atoms with Crippen LogP contribution in [0.3, 0.4) is 0 Å². The average molecular weight is 242 g/mol.